The van der Waals surface area contributed by atoms with Crippen LogP contribution in [-0.2, 0) is 0 Å². The van der Waals surface area contributed by atoms with Crippen LogP contribution in [0.15, 0.2) is 40.8 Å². The SMILES string of the molecule is Cc1cccc(-c2nc3c(C(=O)O)cccc3o2)c1F. The molecular weight excluding hydrogens is 261 g/mol. The molecule has 0 saturated carbocycles. The summed E-state index contributed by atoms with van der Waals surface area (Å²) < 4.78 is 19.5. The molecule has 1 N–H and O–H groups in total. The average Bonchev–Trinajstić information content (AvgIpc) is 2.84. The molecule has 0 fully saturated rings. The number of aromatic carboxylic acids is 1. The van der Waals surface area contributed by atoms with Crippen molar-refractivity contribution in [1.29, 1.82) is 0 Å². The van der Waals surface area contributed by atoms with Gasteiger partial charge in [-0.05, 0) is 30.7 Å². The van der Waals surface area contributed by atoms with Gasteiger partial charge in [0.2, 0.25) is 5.89 Å². The van der Waals surface area contributed by atoms with Gasteiger partial charge in [-0.25, -0.2) is 14.2 Å². The van der Waals surface area contributed by atoms with Gasteiger partial charge in [0.05, 0.1) is 11.1 Å². The van der Waals surface area contributed by atoms with Gasteiger partial charge in [-0.2, -0.15) is 0 Å². The lowest BCUT2D eigenvalue weighted by atomic mass is 10.1. The lowest BCUT2D eigenvalue weighted by Crippen LogP contribution is -1.96. The molecule has 0 bridgehead atoms. The molecular formula is C15H10FNO3. The largest absolute Gasteiger partial charge is 0.478 e. The second-order valence-electron chi connectivity index (χ2n) is 4.41. The summed E-state index contributed by atoms with van der Waals surface area (Å²) in [6.45, 7) is 1.64. The lowest BCUT2D eigenvalue weighted by Gasteiger charge is -2.00. The van der Waals surface area contributed by atoms with Gasteiger partial charge < -0.3 is 9.52 Å². The van der Waals surface area contributed by atoms with Crippen molar-refractivity contribution in [1.82, 2.24) is 4.98 Å². The number of para-hydroxylation sites is 1. The highest BCUT2D eigenvalue weighted by atomic mass is 19.1. The first kappa shape index (κ1) is 12.3. The Morgan fingerprint density at radius 2 is 2.00 bits per heavy atom. The molecule has 0 aliphatic rings. The minimum absolute atomic E-state index is 0.0329. The molecule has 3 aromatic rings. The van der Waals surface area contributed by atoms with Crippen LogP contribution >= 0.6 is 0 Å². The van der Waals surface area contributed by atoms with E-state index in [1.807, 2.05) is 0 Å². The van der Waals surface area contributed by atoms with Crippen LogP contribution in [0.4, 0.5) is 4.39 Å². The molecule has 3 rings (SSSR count). The number of benzene rings is 2. The molecule has 0 unspecified atom stereocenters. The van der Waals surface area contributed by atoms with Crippen LogP contribution in [0.1, 0.15) is 15.9 Å². The van der Waals surface area contributed by atoms with Gasteiger partial charge in [-0.15, -0.1) is 0 Å². The normalized spacial score (nSPS) is 10.9. The molecule has 1 aromatic heterocycles. The molecule has 5 heteroatoms. The van der Waals surface area contributed by atoms with E-state index in [0.29, 0.717) is 11.1 Å². The Kier molecular flexibility index (Phi) is 2.75. The summed E-state index contributed by atoms with van der Waals surface area (Å²) in [5.74, 6) is -1.44. The third kappa shape index (κ3) is 1.84. The van der Waals surface area contributed by atoms with E-state index in [-0.39, 0.29) is 22.5 Å². The number of hydrogen-bond donors (Lipinski definition) is 1. The van der Waals surface area contributed by atoms with E-state index in [1.54, 1.807) is 37.3 Å². The van der Waals surface area contributed by atoms with Crippen molar-refractivity contribution in [2.75, 3.05) is 0 Å². The standard InChI is InChI=1S/C15H10FNO3/c1-8-4-2-5-9(12(8)16)14-17-13-10(15(18)19)6-3-7-11(13)20-14/h2-7H,1H3,(H,18,19). The maximum absolute atomic E-state index is 14.1. The van der Waals surface area contributed by atoms with Crippen LogP contribution < -0.4 is 0 Å². The number of rotatable bonds is 2. The minimum atomic E-state index is -1.10. The predicted octanol–water partition coefficient (Wildman–Crippen LogP) is 3.64. The number of aromatic nitrogens is 1. The molecule has 0 radical (unpaired) electrons. The van der Waals surface area contributed by atoms with E-state index in [1.165, 1.54) is 6.07 Å². The molecule has 4 nitrogen and oxygen atoms in total. The third-order valence-electron chi connectivity index (χ3n) is 3.07. The number of carboxylic acids is 1. The molecule has 1 heterocycles. The van der Waals surface area contributed by atoms with Crippen molar-refractivity contribution in [2.24, 2.45) is 0 Å². The van der Waals surface area contributed by atoms with Crippen LogP contribution in [0.25, 0.3) is 22.6 Å². The summed E-state index contributed by atoms with van der Waals surface area (Å²) in [5, 5.41) is 9.11. The Morgan fingerprint density at radius 1 is 1.25 bits per heavy atom. The highest BCUT2D eigenvalue weighted by Crippen LogP contribution is 2.29. The molecule has 0 aliphatic carbocycles. The van der Waals surface area contributed by atoms with Gasteiger partial charge in [0.1, 0.15) is 11.3 Å². The highest BCUT2D eigenvalue weighted by Gasteiger charge is 2.17. The topological polar surface area (TPSA) is 63.3 Å². The van der Waals surface area contributed by atoms with Gasteiger partial charge in [0.15, 0.2) is 5.58 Å². The van der Waals surface area contributed by atoms with Crippen molar-refractivity contribution in [3.63, 3.8) is 0 Å². The molecule has 2 aromatic carbocycles. The summed E-state index contributed by atoms with van der Waals surface area (Å²) in [4.78, 5) is 15.2. The maximum atomic E-state index is 14.1. The van der Waals surface area contributed by atoms with Crippen molar-refractivity contribution in [3.8, 4) is 11.5 Å². The van der Waals surface area contributed by atoms with E-state index < -0.39 is 11.8 Å². The Morgan fingerprint density at radius 3 is 2.75 bits per heavy atom. The zero-order valence-electron chi connectivity index (χ0n) is 10.6. The van der Waals surface area contributed by atoms with E-state index in [4.69, 9.17) is 9.52 Å². The van der Waals surface area contributed by atoms with Crippen LogP contribution in [0, 0.1) is 12.7 Å². The Bertz CT molecular complexity index is 823. The first-order valence-electron chi connectivity index (χ1n) is 5.96. The van der Waals surface area contributed by atoms with E-state index in [9.17, 15) is 9.18 Å². The Labute approximate surface area is 113 Å². The van der Waals surface area contributed by atoms with Gasteiger partial charge in [0.25, 0.3) is 0 Å². The maximum Gasteiger partial charge on any atom is 0.338 e. The lowest BCUT2D eigenvalue weighted by molar-refractivity contribution is 0.0699. The van der Waals surface area contributed by atoms with E-state index in [2.05, 4.69) is 4.98 Å². The van der Waals surface area contributed by atoms with Crippen LogP contribution in [0.3, 0.4) is 0 Å². The average molecular weight is 271 g/mol. The summed E-state index contributed by atoms with van der Waals surface area (Å²) in [7, 11) is 0. The monoisotopic (exact) mass is 271 g/mol. The fraction of sp³-hybridized carbons (Fsp3) is 0.0667. The summed E-state index contributed by atoms with van der Waals surface area (Å²) in [6.07, 6.45) is 0. The van der Waals surface area contributed by atoms with Gasteiger partial charge in [-0.3, -0.25) is 0 Å². The Hall–Kier alpha value is -2.69. The quantitative estimate of drug-likeness (QED) is 0.772. The van der Waals surface area contributed by atoms with Crippen LogP contribution in [-0.4, -0.2) is 16.1 Å². The summed E-state index contributed by atoms with van der Waals surface area (Å²) >= 11 is 0. The molecule has 0 saturated heterocycles. The smallest absolute Gasteiger partial charge is 0.338 e. The van der Waals surface area contributed by atoms with Gasteiger partial charge in [-0.1, -0.05) is 18.2 Å². The number of aryl methyl sites for hydroxylation is 1. The minimum Gasteiger partial charge on any atom is -0.478 e. The van der Waals surface area contributed by atoms with E-state index in [0.717, 1.165) is 0 Å². The summed E-state index contributed by atoms with van der Waals surface area (Å²) in [6, 6.07) is 9.49. The fourth-order valence-electron chi connectivity index (χ4n) is 2.05. The summed E-state index contributed by atoms with van der Waals surface area (Å²) in [5.41, 5.74) is 1.27. The number of nitrogens with zero attached hydrogens (tertiary/aromatic N) is 1. The first-order chi connectivity index (χ1) is 9.58. The fourth-order valence-corrected chi connectivity index (χ4v) is 2.05. The second kappa shape index (κ2) is 4.45. The molecule has 0 spiro atoms. The van der Waals surface area contributed by atoms with Crippen molar-refractivity contribution in [2.45, 2.75) is 6.92 Å². The first-order valence-corrected chi connectivity index (χ1v) is 5.96. The molecule has 100 valence electrons. The third-order valence-corrected chi connectivity index (χ3v) is 3.07. The highest BCUT2D eigenvalue weighted by molar-refractivity contribution is 6.00. The van der Waals surface area contributed by atoms with Gasteiger partial charge in [0, 0.05) is 0 Å². The number of fused-ring (bicyclic) bond motifs is 1. The van der Waals surface area contributed by atoms with E-state index >= 15 is 0 Å². The molecule has 0 aliphatic heterocycles. The zero-order valence-corrected chi connectivity index (χ0v) is 10.6. The zero-order chi connectivity index (χ0) is 14.3. The number of oxazole rings is 1. The van der Waals surface area contributed by atoms with Crippen LogP contribution in [0.5, 0.6) is 0 Å². The number of hydrogen-bond acceptors (Lipinski definition) is 3. The van der Waals surface area contributed by atoms with Crippen LogP contribution in [0.2, 0.25) is 0 Å². The number of carbonyl (C=O) groups is 1. The Balaban J connectivity index is 2.26. The molecule has 20 heavy (non-hydrogen) atoms. The van der Waals surface area contributed by atoms with Crippen molar-refractivity contribution >= 4 is 17.1 Å². The number of halogens is 1. The molecule has 0 atom stereocenters. The van der Waals surface area contributed by atoms with Gasteiger partial charge >= 0.3 is 5.97 Å². The predicted molar refractivity (Wildman–Crippen MR) is 71.1 cm³/mol. The molecule has 0 amide bonds. The van der Waals surface area contributed by atoms with Crippen molar-refractivity contribution < 1.29 is 18.7 Å². The number of carboxylic acid groups (broad SMARTS) is 1. The van der Waals surface area contributed by atoms with Crippen molar-refractivity contribution in [3.05, 3.63) is 53.3 Å². The second-order valence-corrected chi connectivity index (χ2v) is 4.41.